The highest BCUT2D eigenvalue weighted by Crippen LogP contribution is 2.17. The summed E-state index contributed by atoms with van der Waals surface area (Å²) in [5.41, 5.74) is 1.60. The van der Waals surface area contributed by atoms with E-state index in [-0.39, 0.29) is 5.97 Å². The topological polar surface area (TPSA) is 41.6 Å². The molecular weight excluding hydrogens is 252 g/mol. The molecule has 20 heavy (non-hydrogen) atoms. The molecule has 1 aliphatic rings. The molecule has 4 heteroatoms. The van der Waals surface area contributed by atoms with E-state index in [0.717, 1.165) is 18.8 Å². The number of ether oxygens (including phenoxy) is 1. The van der Waals surface area contributed by atoms with Crippen LogP contribution in [-0.2, 0) is 4.74 Å². The molecule has 0 bridgehead atoms. The third kappa shape index (κ3) is 4.23. The molecule has 1 aromatic rings. The van der Waals surface area contributed by atoms with E-state index in [1.165, 1.54) is 19.4 Å². The number of esters is 1. The van der Waals surface area contributed by atoms with Gasteiger partial charge in [0.2, 0.25) is 0 Å². The van der Waals surface area contributed by atoms with Crippen LogP contribution in [0.25, 0.3) is 0 Å². The molecule has 0 saturated carbocycles. The Labute approximate surface area is 121 Å². The number of nitrogens with one attached hydrogen (secondary N) is 1. The van der Waals surface area contributed by atoms with Crippen molar-refractivity contribution >= 4 is 11.7 Å². The molecule has 0 amide bonds. The van der Waals surface area contributed by atoms with Gasteiger partial charge in [-0.25, -0.2) is 4.79 Å². The zero-order valence-electron chi connectivity index (χ0n) is 12.4. The molecular formula is C16H24N2O2. The highest BCUT2D eigenvalue weighted by atomic mass is 16.5. The predicted octanol–water partition coefficient (Wildman–Crippen LogP) is 2.62. The third-order valence-corrected chi connectivity index (χ3v) is 3.69. The number of hydrogen-bond acceptors (Lipinski definition) is 4. The number of piperidine rings is 1. The van der Waals surface area contributed by atoms with Gasteiger partial charge in [0.05, 0.1) is 12.2 Å². The second-order valence-electron chi connectivity index (χ2n) is 5.45. The standard InChI is InChI=1S/C16H24N2O2/c1-3-20-16(19)14-7-4-8-15(10-14)17-11-13-6-5-9-18(2)12-13/h4,7-8,10,13,17H,3,5-6,9,11-12H2,1-2H3. The highest BCUT2D eigenvalue weighted by molar-refractivity contribution is 5.90. The number of carbonyl (C=O) groups excluding carboxylic acids is 1. The van der Waals surface area contributed by atoms with E-state index in [1.54, 1.807) is 6.07 Å². The molecule has 110 valence electrons. The molecule has 4 nitrogen and oxygen atoms in total. The van der Waals surface area contributed by atoms with Crippen molar-refractivity contribution in [3.63, 3.8) is 0 Å². The molecule has 1 heterocycles. The van der Waals surface area contributed by atoms with Gasteiger partial charge in [-0.05, 0) is 57.5 Å². The zero-order valence-corrected chi connectivity index (χ0v) is 12.4. The van der Waals surface area contributed by atoms with Crippen LogP contribution in [0, 0.1) is 5.92 Å². The summed E-state index contributed by atoms with van der Waals surface area (Å²) in [5, 5.41) is 3.44. The Balaban J connectivity index is 1.89. The second-order valence-corrected chi connectivity index (χ2v) is 5.45. The summed E-state index contributed by atoms with van der Waals surface area (Å²) in [6.45, 7) is 5.53. The maximum atomic E-state index is 11.7. The van der Waals surface area contributed by atoms with E-state index in [4.69, 9.17) is 4.74 Å². The van der Waals surface area contributed by atoms with Gasteiger partial charge in [-0.1, -0.05) is 6.07 Å². The van der Waals surface area contributed by atoms with Gasteiger partial charge in [0, 0.05) is 18.8 Å². The lowest BCUT2D eigenvalue weighted by Gasteiger charge is -2.30. The van der Waals surface area contributed by atoms with Crippen molar-refractivity contribution < 1.29 is 9.53 Å². The first kappa shape index (κ1) is 14.9. The van der Waals surface area contributed by atoms with Crippen LogP contribution in [0.5, 0.6) is 0 Å². The van der Waals surface area contributed by atoms with Gasteiger partial charge in [0.1, 0.15) is 0 Å². The maximum Gasteiger partial charge on any atom is 0.338 e. The first-order valence-electron chi connectivity index (χ1n) is 7.38. The number of likely N-dealkylation sites (tertiary alicyclic amines) is 1. The van der Waals surface area contributed by atoms with E-state index in [0.29, 0.717) is 18.1 Å². The summed E-state index contributed by atoms with van der Waals surface area (Å²) in [5.74, 6) is 0.425. The molecule has 0 spiro atoms. The van der Waals surface area contributed by atoms with Gasteiger partial charge < -0.3 is 15.0 Å². The first-order valence-corrected chi connectivity index (χ1v) is 7.38. The Bertz CT molecular complexity index is 448. The van der Waals surface area contributed by atoms with Crippen LogP contribution >= 0.6 is 0 Å². The van der Waals surface area contributed by atoms with E-state index < -0.39 is 0 Å². The Morgan fingerprint density at radius 2 is 2.35 bits per heavy atom. The second kappa shape index (κ2) is 7.29. The number of rotatable bonds is 5. The summed E-state index contributed by atoms with van der Waals surface area (Å²) in [4.78, 5) is 14.1. The fraction of sp³-hybridized carbons (Fsp3) is 0.562. The van der Waals surface area contributed by atoms with E-state index in [2.05, 4.69) is 17.3 Å². The maximum absolute atomic E-state index is 11.7. The Kier molecular flexibility index (Phi) is 5.41. The van der Waals surface area contributed by atoms with Crippen molar-refractivity contribution in [3.8, 4) is 0 Å². The number of carbonyl (C=O) groups is 1. The van der Waals surface area contributed by atoms with Crippen LogP contribution in [0.1, 0.15) is 30.1 Å². The fourth-order valence-corrected chi connectivity index (χ4v) is 2.67. The summed E-state index contributed by atoms with van der Waals surface area (Å²) < 4.78 is 5.02. The van der Waals surface area contributed by atoms with Crippen molar-refractivity contribution in [1.82, 2.24) is 4.90 Å². The van der Waals surface area contributed by atoms with Crippen LogP contribution in [0.2, 0.25) is 0 Å². The van der Waals surface area contributed by atoms with Gasteiger partial charge in [0.25, 0.3) is 0 Å². The molecule has 0 radical (unpaired) electrons. The minimum absolute atomic E-state index is 0.256. The minimum Gasteiger partial charge on any atom is -0.462 e. The van der Waals surface area contributed by atoms with Crippen LogP contribution in [-0.4, -0.2) is 44.2 Å². The number of hydrogen-bond donors (Lipinski definition) is 1. The molecule has 1 aromatic carbocycles. The third-order valence-electron chi connectivity index (χ3n) is 3.69. The van der Waals surface area contributed by atoms with E-state index >= 15 is 0 Å². The number of anilines is 1. The lowest BCUT2D eigenvalue weighted by Crippen LogP contribution is -2.35. The number of nitrogens with zero attached hydrogens (tertiary/aromatic N) is 1. The lowest BCUT2D eigenvalue weighted by molar-refractivity contribution is 0.0526. The van der Waals surface area contributed by atoms with Crippen LogP contribution < -0.4 is 5.32 Å². The van der Waals surface area contributed by atoms with Crippen molar-refractivity contribution in [2.45, 2.75) is 19.8 Å². The van der Waals surface area contributed by atoms with E-state index in [9.17, 15) is 4.79 Å². The van der Waals surface area contributed by atoms with Crippen molar-refractivity contribution in [2.24, 2.45) is 5.92 Å². The molecule has 1 aliphatic heterocycles. The fourth-order valence-electron chi connectivity index (χ4n) is 2.67. The molecule has 1 N–H and O–H groups in total. The lowest BCUT2D eigenvalue weighted by atomic mass is 9.98. The van der Waals surface area contributed by atoms with Crippen molar-refractivity contribution in [1.29, 1.82) is 0 Å². The summed E-state index contributed by atoms with van der Waals surface area (Å²) in [6.07, 6.45) is 2.54. The van der Waals surface area contributed by atoms with Crippen LogP contribution in [0.15, 0.2) is 24.3 Å². The highest BCUT2D eigenvalue weighted by Gasteiger charge is 2.16. The largest absolute Gasteiger partial charge is 0.462 e. The average molecular weight is 276 g/mol. The quantitative estimate of drug-likeness (QED) is 0.839. The molecule has 1 atom stereocenters. The summed E-state index contributed by atoms with van der Waals surface area (Å²) in [6, 6.07) is 7.54. The molecule has 1 saturated heterocycles. The molecule has 0 aromatic heterocycles. The van der Waals surface area contributed by atoms with Crippen LogP contribution in [0.3, 0.4) is 0 Å². The van der Waals surface area contributed by atoms with Gasteiger partial charge in [-0.15, -0.1) is 0 Å². The molecule has 2 rings (SSSR count). The normalized spacial score (nSPS) is 19.6. The summed E-state index contributed by atoms with van der Waals surface area (Å²) in [7, 11) is 2.17. The summed E-state index contributed by atoms with van der Waals surface area (Å²) >= 11 is 0. The Morgan fingerprint density at radius 3 is 3.10 bits per heavy atom. The first-order chi connectivity index (χ1) is 9.69. The van der Waals surface area contributed by atoms with Crippen molar-refractivity contribution in [2.75, 3.05) is 38.6 Å². The molecule has 1 fully saturated rings. The smallest absolute Gasteiger partial charge is 0.338 e. The Morgan fingerprint density at radius 1 is 1.50 bits per heavy atom. The van der Waals surface area contributed by atoms with Crippen molar-refractivity contribution in [3.05, 3.63) is 29.8 Å². The molecule has 1 unspecified atom stereocenters. The molecule has 0 aliphatic carbocycles. The van der Waals surface area contributed by atoms with Gasteiger partial charge in [0.15, 0.2) is 0 Å². The Hall–Kier alpha value is -1.55. The average Bonchev–Trinajstić information content (AvgIpc) is 2.46. The minimum atomic E-state index is -0.256. The van der Waals surface area contributed by atoms with Crippen LogP contribution in [0.4, 0.5) is 5.69 Å². The SMILES string of the molecule is CCOC(=O)c1cccc(NCC2CCCN(C)C2)c1. The monoisotopic (exact) mass is 276 g/mol. The predicted molar refractivity (Wildman–Crippen MR) is 81.1 cm³/mol. The van der Waals surface area contributed by atoms with Gasteiger partial charge >= 0.3 is 5.97 Å². The van der Waals surface area contributed by atoms with Gasteiger partial charge in [-0.3, -0.25) is 0 Å². The zero-order chi connectivity index (χ0) is 14.4. The number of benzene rings is 1. The van der Waals surface area contributed by atoms with Gasteiger partial charge in [-0.2, -0.15) is 0 Å². The van der Waals surface area contributed by atoms with E-state index in [1.807, 2.05) is 25.1 Å².